The fourth-order valence-corrected chi connectivity index (χ4v) is 4.18. The van der Waals surface area contributed by atoms with Gasteiger partial charge in [0.1, 0.15) is 18.1 Å². The molecule has 2 N–H and O–H groups in total. The molecule has 28 heavy (non-hydrogen) atoms. The average Bonchev–Trinajstić information content (AvgIpc) is 3.09. The second-order valence-corrected chi connectivity index (χ2v) is 8.51. The number of hydrogen-bond donors (Lipinski definition) is 2. The lowest BCUT2D eigenvalue weighted by molar-refractivity contribution is -0.136. The van der Waals surface area contributed by atoms with Crippen LogP contribution in [0.4, 0.5) is 0 Å². The molecule has 0 amide bonds. The number of aliphatic carboxylic acids is 1. The van der Waals surface area contributed by atoms with E-state index in [2.05, 4.69) is 50.7 Å². The van der Waals surface area contributed by atoms with Gasteiger partial charge in [-0.15, -0.1) is 0 Å². The number of phenolic OH excluding ortho intramolecular Hbond substituents is 1. The third-order valence-corrected chi connectivity index (χ3v) is 5.45. The quantitative estimate of drug-likeness (QED) is 0.559. The predicted molar refractivity (Wildman–Crippen MR) is 112 cm³/mol. The summed E-state index contributed by atoms with van der Waals surface area (Å²) >= 11 is 6.85. The van der Waals surface area contributed by atoms with Gasteiger partial charge in [-0.25, -0.2) is 4.99 Å². The molecule has 1 aliphatic rings. The maximum absolute atomic E-state index is 10.9. The summed E-state index contributed by atoms with van der Waals surface area (Å²) in [5.74, 6) is 0.879. The van der Waals surface area contributed by atoms with Crippen LogP contribution in [0.5, 0.6) is 17.2 Å². The molecule has 0 fully saturated rings. The van der Waals surface area contributed by atoms with Gasteiger partial charge >= 0.3 is 5.97 Å². The first-order valence-electron chi connectivity index (χ1n) is 8.66. The highest BCUT2D eigenvalue weighted by Gasteiger charge is 2.25. The number of nitrogens with zero attached hydrogens (tertiary/aromatic N) is 1. The van der Waals surface area contributed by atoms with Gasteiger partial charge < -0.3 is 19.7 Å². The van der Waals surface area contributed by atoms with Crippen LogP contribution in [-0.4, -0.2) is 34.7 Å². The normalized spacial score (nSPS) is 16.0. The Morgan fingerprint density at radius 1 is 1.29 bits per heavy atom. The molecule has 1 atom stereocenters. The first kappa shape index (κ1) is 20.7. The summed E-state index contributed by atoms with van der Waals surface area (Å²) in [6, 6.07) is 8.29. The number of rotatable bonds is 6. The van der Waals surface area contributed by atoms with Crippen molar-refractivity contribution in [2.45, 2.75) is 26.3 Å². The Morgan fingerprint density at radius 3 is 2.54 bits per heavy atom. The van der Waals surface area contributed by atoms with E-state index in [0.717, 1.165) is 0 Å². The molecule has 148 valence electrons. The Labute approximate surface area is 179 Å². The Hall–Kier alpha value is -2.06. The van der Waals surface area contributed by atoms with E-state index < -0.39 is 5.97 Å². The van der Waals surface area contributed by atoms with Gasteiger partial charge in [0.05, 0.1) is 27.0 Å². The molecule has 0 radical (unpaired) electrons. The van der Waals surface area contributed by atoms with Crippen molar-refractivity contribution in [1.82, 2.24) is 0 Å². The van der Waals surface area contributed by atoms with Crippen LogP contribution in [0.3, 0.4) is 0 Å². The largest absolute Gasteiger partial charge is 0.507 e. The number of halogens is 2. The third kappa shape index (κ3) is 4.67. The molecule has 3 rings (SSSR count). The van der Waals surface area contributed by atoms with Crippen LogP contribution in [0.2, 0.25) is 0 Å². The molecule has 1 aliphatic heterocycles. The van der Waals surface area contributed by atoms with Crippen LogP contribution in [0.15, 0.2) is 44.3 Å². The molecule has 0 bridgehead atoms. The SMILES string of the molecule is CC(C)[C@H]1COC(c2cc(Oc3c(Br)cc(CC(=O)O)cc3Br)ccc2O)=N1. The first-order valence-corrected chi connectivity index (χ1v) is 10.2. The highest BCUT2D eigenvalue weighted by atomic mass is 79.9. The molecular formula is C20H19Br2NO5. The van der Waals surface area contributed by atoms with Crippen LogP contribution in [0.25, 0.3) is 0 Å². The second-order valence-electron chi connectivity index (χ2n) is 6.80. The van der Waals surface area contributed by atoms with Crippen molar-refractivity contribution in [3.8, 4) is 17.2 Å². The lowest BCUT2D eigenvalue weighted by Gasteiger charge is -2.13. The Morgan fingerprint density at radius 2 is 1.96 bits per heavy atom. The van der Waals surface area contributed by atoms with Crippen LogP contribution in [0, 0.1) is 5.92 Å². The molecule has 1 heterocycles. The molecular weight excluding hydrogens is 494 g/mol. The summed E-state index contributed by atoms with van der Waals surface area (Å²) in [5.41, 5.74) is 1.11. The van der Waals surface area contributed by atoms with Gasteiger partial charge in [0.2, 0.25) is 5.90 Å². The van der Waals surface area contributed by atoms with E-state index in [9.17, 15) is 9.90 Å². The van der Waals surface area contributed by atoms with E-state index in [4.69, 9.17) is 14.6 Å². The highest BCUT2D eigenvalue weighted by molar-refractivity contribution is 9.11. The predicted octanol–water partition coefficient (Wildman–Crippen LogP) is 5.14. The van der Waals surface area contributed by atoms with Gasteiger partial charge in [0.25, 0.3) is 0 Å². The summed E-state index contributed by atoms with van der Waals surface area (Å²) in [7, 11) is 0. The smallest absolute Gasteiger partial charge is 0.307 e. The van der Waals surface area contributed by atoms with E-state index in [1.165, 1.54) is 6.07 Å². The third-order valence-electron chi connectivity index (χ3n) is 4.28. The highest BCUT2D eigenvalue weighted by Crippen LogP contribution is 2.39. The number of carboxylic acid groups (broad SMARTS) is 1. The molecule has 0 spiro atoms. The van der Waals surface area contributed by atoms with E-state index in [0.29, 0.717) is 50.0 Å². The topological polar surface area (TPSA) is 88.4 Å². The Kier molecular flexibility index (Phi) is 6.30. The maximum atomic E-state index is 10.9. The number of carbonyl (C=O) groups is 1. The number of aliphatic imine (C=N–C) groups is 1. The minimum absolute atomic E-state index is 0.0593. The number of hydrogen-bond acceptors (Lipinski definition) is 5. The van der Waals surface area contributed by atoms with Crippen molar-refractivity contribution in [3.63, 3.8) is 0 Å². The van der Waals surface area contributed by atoms with Crippen molar-refractivity contribution < 1.29 is 24.5 Å². The van der Waals surface area contributed by atoms with E-state index in [1.54, 1.807) is 24.3 Å². The zero-order valence-electron chi connectivity index (χ0n) is 15.3. The minimum Gasteiger partial charge on any atom is -0.507 e. The maximum Gasteiger partial charge on any atom is 0.307 e. The number of benzene rings is 2. The van der Waals surface area contributed by atoms with Gasteiger partial charge in [-0.05, 0) is 73.7 Å². The van der Waals surface area contributed by atoms with E-state index >= 15 is 0 Å². The van der Waals surface area contributed by atoms with Crippen LogP contribution in [0.1, 0.15) is 25.0 Å². The van der Waals surface area contributed by atoms with Crippen molar-refractivity contribution in [2.75, 3.05) is 6.61 Å². The number of aromatic hydroxyl groups is 1. The molecule has 0 aliphatic carbocycles. The molecule has 8 heteroatoms. The van der Waals surface area contributed by atoms with E-state index in [-0.39, 0.29) is 18.2 Å². The van der Waals surface area contributed by atoms with Crippen LogP contribution < -0.4 is 4.74 Å². The zero-order chi connectivity index (χ0) is 20.4. The van der Waals surface area contributed by atoms with Crippen LogP contribution >= 0.6 is 31.9 Å². The minimum atomic E-state index is -0.910. The molecule has 0 aromatic heterocycles. The summed E-state index contributed by atoms with van der Waals surface area (Å²) in [6.07, 6.45) is -0.0883. The number of carboxylic acids is 1. The zero-order valence-corrected chi connectivity index (χ0v) is 18.4. The van der Waals surface area contributed by atoms with Crippen molar-refractivity contribution in [2.24, 2.45) is 10.9 Å². The fraction of sp³-hybridized carbons (Fsp3) is 0.300. The molecule has 0 unspecified atom stereocenters. The number of ether oxygens (including phenoxy) is 2. The fourth-order valence-electron chi connectivity index (χ4n) is 2.73. The van der Waals surface area contributed by atoms with Gasteiger partial charge in [0, 0.05) is 0 Å². The molecule has 2 aromatic rings. The summed E-state index contributed by atoms with van der Waals surface area (Å²) in [5, 5.41) is 19.2. The van der Waals surface area contributed by atoms with Crippen molar-refractivity contribution in [3.05, 3.63) is 50.4 Å². The second kappa shape index (κ2) is 8.53. The summed E-state index contributed by atoms with van der Waals surface area (Å²) in [4.78, 5) is 15.5. The van der Waals surface area contributed by atoms with E-state index in [1.807, 2.05) is 0 Å². The number of phenols is 1. The lowest BCUT2D eigenvalue weighted by atomic mass is 10.1. The van der Waals surface area contributed by atoms with Crippen molar-refractivity contribution in [1.29, 1.82) is 0 Å². The average molecular weight is 513 g/mol. The lowest BCUT2D eigenvalue weighted by Crippen LogP contribution is -2.13. The summed E-state index contributed by atoms with van der Waals surface area (Å²) < 4.78 is 12.9. The Balaban J connectivity index is 1.88. The molecule has 0 saturated heterocycles. The van der Waals surface area contributed by atoms with Gasteiger partial charge in [-0.1, -0.05) is 13.8 Å². The monoisotopic (exact) mass is 511 g/mol. The van der Waals surface area contributed by atoms with Gasteiger partial charge in [-0.3, -0.25) is 4.79 Å². The van der Waals surface area contributed by atoms with Crippen molar-refractivity contribution >= 4 is 43.7 Å². The molecule has 2 aromatic carbocycles. The van der Waals surface area contributed by atoms with Gasteiger partial charge in [-0.2, -0.15) is 0 Å². The van der Waals surface area contributed by atoms with Gasteiger partial charge in [0.15, 0.2) is 5.75 Å². The van der Waals surface area contributed by atoms with Crippen LogP contribution in [-0.2, 0) is 16.0 Å². The molecule has 6 nitrogen and oxygen atoms in total. The summed E-state index contributed by atoms with van der Waals surface area (Å²) in [6.45, 7) is 4.63. The molecule has 0 saturated carbocycles. The first-order chi connectivity index (χ1) is 13.2. The standard InChI is InChI=1S/C20H19Br2NO5/c1-10(2)16-9-27-20(23-16)13-8-12(3-4-17(13)24)28-19-14(21)5-11(6-15(19)22)7-18(25)26/h3-6,8,10,16,24H,7,9H2,1-2H3,(H,25,26)/t16-/m1/s1. The Bertz CT molecular complexity index is 919.